The number of nitrogens with one attached hydrogen (secondary N) is 1. The molecular formula is C26H21NO2. The van der Waals surface area contributed by atoms with Gasteiger partial charge in [-0.25, -0.2) is 0 Å². The summed E-state index contributed by atoms with van der Waals surface area (Å²) < 4.78 is 0. The molecule has 0 saturated carbocycles. The van der Waals surface area contributed by atoms with Crippen molar-refractivity contribution in [3.63, 3.8) is 0 Å². The van der Waals surface area contributed by atoms with Gasteiger partial charge in [0.15, 0.2) is 0 Å². The minimum absolute atomic E-state index is 0.506. The van der Waals surface area contributed by atoms with Gasteiger partial charge in [-0.2, -0.15) is 0 Å². The first-order valence-corrected chi connectivity index (χ1v) is 9.24. The second kappa shape index (κ2) is 8.93. The predicted molar refractivity (Wildman–Crippen MR) is 116 cm³/mol. The standard InChI is InChI=1S/C26H21NO2/c1-26(2,29)25(28)27-24-15-9-14-22(18-16-20-10-5-3-6-11-20)23(24)19-17-21-12-7-4-8-13-21/h3-15,29H,1-2H3,(H,27,28). The van der Waals surface area contributed by atoms with Crippen LogP contribution in [-0.4, -0.2) is 16.6 Å². The normalized spacial score (nSPS) is 10.2. The zero-order valence-corrected chi connectivity index (χ0v) is 16.4. The Balaban J connectivity index is 2.06. The molecule has 0 aromatic heterocycles. The van der Waals surface area contributed by atoms with Crippen molar-refractivity contribution in [2.45, 2.75) is 19.4 Å². The molecule has 0 aliphatic rings. The van der Waals surface area contributed by atoms with E-state index in [0.29, 0.717) is 16.8 Å². The Hall–Kier alpha value is -3.79. The van der Waals surface area contributed by atoms with Gasteiger partial charge >= 0.3 is 0 Å². The average Bonchev–Trinajstić information content (AvgIpc) is 2.72. The lowest BCUT2D eigenvalue weighted by atomic mass is 10.0. The van der Waals surface area contributed by atoms with Gasteiger partial charge in [0.25, 0.3) is 5.91 Å². The summed E-state index contributed by atoms with van der Waals surface area (Å²) in [5.41, 5.74) is 2.07. The number of benzene rings is 3. The minimum Gasteiger partial charge on any atom is -0.381 e. The van der Waals surface area contributed by atoms with Gasteiger partial charge in [0.05, 0.1) is 11.3 Å². The molecule has 3 rings (SSSR count). The van der Waals surface area contributed by atoms with Gasteiger partial charge in [-0.1, -0.05) is 66.1 Å². The maximum Gasteiger partial charge on any atom is 0.255 e. The highest BCUT2D eigenvalue weighted by Gasteiger charge is 2.24. The monoisotopic (exact) mass is 379 g/mol. The predicted octanol–water partition coefficient (Wildman–Crippen LogP) is 4.20. The molecule has 3 nitrogen and oxygen atoms in total. The SMILES string of the molecule is CC(C)(O)C(=O)Nc1cccc(C#Cc2ccccc2)c1C#Cc1ccccc1. The highest BCUT2D eigenvalue weighted by atomic mass is 16.3. The van der Waals surface area contributed by atoms with Crippen molar-refractivity contribution in [2.24, 2.45) is 0 Å². The number of hydrogen-bond acceptors (Lipinski definition) is 2. The van der Waals surface area contributed by atoms with E-state index in [0.717, 1.165) is 11.1 Å². The first-order valence-electron chi connectivity index (χ1n) is 9.24. The lowest BCUT2D eigenvalue weighted by Gasteiger charge is -2.17. The fraction of sp³-hybridized carbons (Fsp3) is 0.115. The maximum atomic E-state index is 12.3. The number of amides is 1. The molecule has 0 fully saturated rings. The molecule has 3 heteroatoms. The maximum absolute atomic E-state index is 12.3. The fourth-order valence-corrected chi connectivity index (χ4v) is 2.49. The third-order valence-corrected chi connectivity index (χ3v) is 4.09. The Morgan fingerprint density at radius 3 is 1.86 bits per heavy atom. The molecule has 142 valence electrons. The summed E-state index contributed by atoms with van der Waals surface area (Å²) in [6.07, 6.45) is 0. The van der Waals surface area contributed by atoms with E-state index in [1.165, 1.54) is 13.8 Å². The second-order valence-electron chi connectivity index (χ2n) is 6.97. The van der Waals surface area contributed by atoms with Crippen molar-refractivity contribution < 1.29 is 9.90 Å². The number of hydrogen-bond donors (Lipinski definition) is 2. The third-order valence-electron chi connectivity index (χ3n) is 4.09. The van der Waals surface area contributed by atoms with E-state index in [4.69, 9.17) is 0 Å². The summed E-state index contributed by atoms with van der Waals surface area (Å²) in [6.45, 7) is 2.88. The summed E-state index contributed by atoms with van der Waals surface area (Å²) in [4.78, 5) is 12.3. The van der Waals surface area contributed by atoms with Crippen LogP contribution in [0.15, 0.2) is 78.9 Å². The second-order valence-corrected chi connectivity index (χ2v) is 6.97. The molecule has 1 amide bonds. The molecule has 3 aromatic carbocycles. The van der Waals surface area contributed by atoms with Crippen LogP contribution in [0.4, 0.5) is 5.69 Å². The van der Waals surface area contributed by atoms with Crippen LogP contribution >= 0.6 is 0 Å². The first kappa shape index (κ1) is 20.0. The zero-order chi connectivity index (χ0) is 20.7. The lowest BCUT2D eigenvalue weighted by Crippen LogP contribution is -2.36. The van der Waals surface area contributed by atoms with Crippen LogP contribution < -0.4 is 5.32 Å². The topological polar surface area (TPSA) is 49.3 Å². The van der Waals surface area contributed by atoms with Crippen molar-refractivity contribution in [3.05, 3.63) is 101 Å². The molecule has 0 aliphatic carbocycles. The van der Waals surface area contributed by atoms with E-state index in [-0.39, 0.29) is 0 Å². The van der Waals surface area contributed by atoms with Crippen LogP contribution in [0.2, 0.25) is 0 Å². The molecule has 2 N–H and O–H groups in total. The van der Waals surface area contributed by atoms with E-state index in [2.05, 4.69) is 29.0 Å². The summed E-state index contributed by atoms with van der Waals surface area (Å²) in [5.74, 6) is 12.0. The number of anilines is 1. The van der Waals surface area contributed by atoms with Crippen LogP contribution in [0.5, 0.6) is 0 Å². The zero-order valence-electron chi connectivity index (χ0n) is 16.4. The quantitative estimate of drug-likeness (QED) is 0.656. The van der Waals surface area contributed by atoms with Gasteiger partial charge in [-0.3, -0.25) is 4.79 Å². The van der Waals surface area contributed by atoms with Crippen LogP contribution in [-0.2, 0) is 4.79 Å². The van der Waals surface area contributed by atoms with Crippen molar-refractivity contribution in [3.8, 4) is 23.7 Å². The van der Waals surface area contributed by atoms with Gasteiger partial charge in [-0.05, 0) is 50.2 Å². The van der Waals surface area contributed by atoms with Crippen LogP contribution in [0.25, 0.3) is 0 Å². The molecule has 0 heterocycles. The number of carbonyl (C=O) groups excluding carboxylic acids is 1. The Bertz CT molecular complexity index is 1120. The molecule has 0 bridgehead atoms. The highest BCUT2D eigenvalue weighted by Crippen LogP contribution is 2.20. The molecule has 0 unspecified atom stereocenters. The Morgan fingerprint density at radius 1 is 0.759 bits per heavy atom. The molecule has 0 atom stereocenters. The number of carbonyl (C=O) groups is 1. The van der Waals surface area contributed by atoms with Gasteiger partial charge in [0.2, 0.25) is 0 Å². The molecule has 0 saturated heterocycles. The van der Waals surface area contributed by atoms with Crippen LogP contribution in [0, 0.1) is 23.7 Å². The minimum atomic E-state index is -1.50. The number of rotatable bonds is 2. The van der Waals surface area contributed by atoms with Crippen molar-refractivity contribution in [1.82, 2.24) is 0 Å². The Labute approximate surface area is 171 Å². The van der Waals surface area contributed by atoms with Gasteiger partial charge in [0.1, 0.15) is 5.60 Å². The van der Waals surface area contributed by atoms with E-state index in [1.54, 1.807) is 6.07 Å². The molecule has 0 spiro atoms. The highest BCUT2D eigenvalue weighted by molar-refractivity contribution is 5.98. The number of aliphatic hydroxyl groups is 1. The van der Waals surface area contributed by atoms with Crippen LogP contribution in [0.3, 0.4) is 0 Å². The average molecular weight is 379 g/mol. The van der Waals surface area contributed by atoms with Gasteiger partial charge in [0, 0.05) is 16.7 Å². The molecule has 3 aromatic rings. The fourth-order valence-electron chi connectivity index (χ4n) is 2.49. The third kappa shape index (κ3) is 5.59. The Kier molecular flexibility index (Phi) is 6.15. The smallest absolute Gasteiger partial charge is 0.255 e. The first-order chi connectivity index (χ1) is 13.9. The van der Waals surface area contributed by atoms with E-state index in [1.807, 2.05) is 72.8 Å². The lowest BCUT2D eigenvalue weighted by molar-refractivity contribution is -0.130. The summed E-state index contributed by atoms with van der Waals surface area (Å²) in [7, 11) is 0. The van der Waals surface area contributed by atoms with Crippen LogP contribution in [0.1, 0.15) is 36.1 Å². The van der Waals surface area contributed by atoms with Gasteiger partial charge < -0.3 is 10.4 Å². The largest absolute Gasteiger partial charge is 0.381 e. The molecule has 0 aliphatic heterocycles. The Morgan fingerprint density at radius 2 is 1.31 bits per heavy atom. The van der Waals surface area contributed by atoms with Crippen molar-refractivity contribution in [2.75, 3.05) is 5.32 Å². The van der Waals surface area contributed by atoms with Crippen molar-refractivity contribution in [1.29, 1.82) is 0 Å². The van der Waals surface area contributed by atoms with E-state index in [9.17, 15) is 9.90 Å². The molecule has 0 radical (unpaired) electrons. The summed E-state index contributed by atoms with van der Waals surface area (Å²) >= 11 is 0. The molecule has 29 heavy (non-hydrogen) atoms. The van der Waals surface area contributed by atoms with E-state index >= 15 is 0 Å². The summed E-state index contributed by atoms with van der Waals surface area (Å²) in [5, 5.41) is 12.8. The van der Waals surface area contributed by atoms with E-state index < -0.39 is 11.5 Å². The summed E-state index contributed by atoms with van der Waals surface area (Å²) in [6, 6.07) is 24.7. The van der Waals surface area contributed by atoms with Crippen molar-refractivity contribution >= 4 is 11.6 Å². The molecular weight excluding hydrogens is 358 g/mol. The van der Waals surface area contributed by atoms with Gasteiger partial charge in [-0.15, -0.1) is 0 Å².